The first-order chi connectivity index (χ1) is 17.8. The minimum atomic E-state index is -2.94. The molecule has 0 unspecified atom stereocenters. The molecule has 1 N–H and O–H groups in total. The van der Waals surface area contributed by atoms with Gasteiger partial charge in [-0.2, -0.15) is 5.26 Å². The third-order valence-electron chi connectivity index (χ3n) is 7.03. The summed E-state index contributed by atoms with van der Waals surface area (Å²) in [5, 5.41) is 12.4. The van der Waals surface area contributed by atoms with Crippen LogP contribution in [0, 0.1) is 11.3 Å². The fourth-order valence-corrected chi connectivity index (χ4v) is 6.91. The predicted molar refractivity (Wildman–Crippen MR) is 147 cm³/mol. The highest BCUT2D eigenvalue weighted by Gasteiger charge is 2.26. The maximum absolute atomic E-state index is 13.4. The van der Waals surface area contributed by atoms with E-state index < -0.39 is 24.5 Å². The van der Waals surface area contributed by atoms with Crippen LogP contribution in [0.4, 0.5) is 5.69 Å². The van der Waals surface area contributed by atoms with Crippen molar-refractivity contribution in [2.75, 3.05) is 23.4 Å². The molecule has 4 rings (SSSR count). The molecule has 1 aliphatic heterocycles. The number of rotatable bonds is 9. The number of benzene rings is 1. The molecule has 1 aromatic carbocycles. The van der Waals surface area contributed by atoms with E-state index in [0.29, 0.717) is 25.1 Å². The number of nitriles is 1. The van der Waals surface area contributed by atoms with E-state index >= 15 is 0 Å². The van der Waals surface area contributed by atoms with Gasteiger partial charge in [0, 0.05) is 17.4 Å². The normalized spacial score (nSPS) is 17.6. The fraction of sp³-hybridized carbons (Fsp3) is 0.519. The Hall–Kier alpha value is -2.74. The van der Waals surface area contributed by atoms with Gasteiger partial charge in [-0.3, -0.25) is 4.79 Å². The Morgan fingerprint density at radius 2 is 2.05 bits per heavy atom. The van der Waals surface area contributed by atoms with Gasteiger partial charge in [-0.25, -0.2) is 13.4 Å². The number of imidazole rings is 1. The summed E-state index contributed by atoms with van der Waals surface area (Å²) >= 11 is 0. The standard InChI is InChI=1S/C27H34N4O4SSi/c1-37(2)15-12-35-19-31-18-23(17-28)29-26(31)27(32)30-25-9-8-22(20-10-13-36(33,34)14-11-20)16-24(25)21-6-4-3-5-7-21/h6,8-9,16,18,20H,3-5,7,10-15,19H2,1-2H3/p+1. The molecule has 196 valence electrons. The van der Waals surface area contributed by atoms with Gasteiger partial charge in [-0.05, 0) is 67.7 Å². The molecule has 0 atom stereocenters. The van der Waals surface area contributed by atoms with Crippen molar-refractivity contribution in [3.63, 3.8) is 0 Å². The van der Waals surface area contributed by atoms with Gasteiger partial charge in [-0.15, -0.1) is 0 Å². The molecule has 2 aliphatic rings. The number of allylic oxidation sites excluding steroid dienone is 2. The van der Waals surface area contributed by atoms with Gasteiger partial charge in [0.15, 0.2) is 5.69 Å². The lowest BCUT2D eigenvalue weighted by atomic mass is 9.87. The van der Waals surface area contributed by atoms with Crippen LogP contribution in [0.2, 0.25) is 19.1 Å². The van der Waals surface area contributed by atoms with Crippen LogP contribution < -0.4 is 5.32 Å². The summed E-state index contributed by atoms with van der Waals surface area (Å²) in [5.74, 6) is 0.381. The van der Waals surface area contributed by atoms with Crippen LogP contribution in [0.15, 0.2) is 30.5 Å². The molecule has 1 amide bonds. The zero-order valence-electron chi connectivity index (χ0n) is 21.6. The van der Waals surface area contributed by atoms with Crippen LogP contribution in [0.1, 0.15) is 71.9 Å². The number of ether oxygens (including phenoxy) is 1. The Morgan fingerprint density at radius 1 is 1.27 bits per heavy atom. The predicted octanol–water partition coefficient (Wildman–Crippen LogP) is 4.99. The average Bonchev–Trinajstić information content (AvgIpc) is 3.31. The van der Waals surface area contributed by atoms with Gasteiger partial charge in [0.25, 0.3) is 5.91 Å². The van der Waals surface area contributed by atoms with Gasteiger partial charge >= 0.3 is 8.80 Å². The van der Waals surface area contributed by atoms with Crippen molar-refractivity contribution >= 4 is 35.8 Å². The second-order valence-electron chi connectivity index (χ2n) is 10.2. The highest BCUT2D eigenvalue weighted by atomic mass is 32.2. The van der Waals surface area contributed by atoms with Crippen LogP contribution >= 0.6 is 0 Å². The number of amides is 1. The van der Waals surface area contributed by atoms with Crippen molar-refractivity contribution in [2.45, 2.75) is 70.3 Å². The topological polar surface area (TPSA) is 114 Å². The Labute approximate surface area is 221 Å². The monoisotopic (exact) mass is 539 g/mol. The van der Waals surface area contributed by atoms with Gasteiger partial charge in [-0.1, -0.05) is 12.1 Å². The lowest BCUT2D eigenvalue weighted by molar-refractivity contribution is 0.0811. The summed E-state index contributed by atoms with van der Waals surface area (Å²) in [6, 6.07) is 9.06. The van der Waals surface area contributed by atoms with E-state index in [0.717, 1.165) is 42.9 Å². The second kappa shape index (κ2) is 12.2. The second-order valence-corrected chi connectivity index (χ2v) is 15.4. The van der Waals surface area contributed by atoms with E-state index in [-0.39, 0.29) is 35.7 Å². The molecule has 2 heterocycles. The first-order valence-electron chi connectivity index (χ1n) is 12.9. The summed E-state index contributed by atoms with van der Waals surface area (Å²) in [5.41, 5.74) is 4.16. The van der Waals surface area contributed by atoms with Crippen LogP contribution in [-0.2, 0) is 21.3 Å². The first-order valence-corrected chi connectivity index (χ1v) is 17.5. The number of hydrogen-bond acceptors (Lipinski definition) is 6. The van der Waals surface area contributed by atoms with Crippen LogP contribution in [0.5, 0.6) is 0 Å². The van der Waals surface area contributed by atoms with Gasteiger partial charge < -0.3 is 14.6 Å². The number of aromatic nitrogens is 2. The van der Waals surface area contributed by atoms with Gasteiger partial charge in [0.2, 0.25) is 5.82 Å². The Morgan fingerprint density at radius 3 is 2.73 bits per heavy atom. The van der Waals surface area contributed by atoms with E-state index in [2.05, 4.69) is 35.5 Å². The quantitative estimate of drug-likeness (QED) is 0.355. The smallest absolute Gasteiger partial charge is 0.310 e. The SMILES string of the molecule is C[Si+](C)CCOCn1cc(C#N)nc1C(=O)Nc1ccc(C2CCS(=O)(=O)CC2)cc1C1=CCCCC1. The number of anilines is 1. The number of nitrogens with zero attached hydrogens (tertiary/aromatic N) is 3. The van der Waals surface area contributed by atoms with Crippen molar-refractivity contribution in [3.8, 4) is 6.07 Å². The van der Waals surface area contributed by atoms with E-state index in [9.17, 15) is 18.5 Å². The molecule has 8 nitrogen and oxygen atoms in total. The van der Waals surface area contributed by atoms with E-state index in [1.54, 1.807) is 10.8 Å². The lowest BCUT2D eigenvalue weighted by Gasteiger charge is -2.24. The molecule has 0 radical (unpaired) electrons. The molecule has 1 saturated heterocycles. The zero-order valence-corrected chi connectivity index (χ0v) is 23.4. The van der Waals surface area contributed by atoms with E-state index in [1.807, 2.05) is 18.2 Å². The van der Waals surface area contributed by atoms with Crippen LogP contribution in [0.3, 0.4) is 0 Å². The van der Waals surface area contributed by atoms with Crippen LogP contribution in [-0.4, -0.2) is 50.8 Å². The molecule has 0 saturated carbocycles. The first kappa shape index (κ1) is 27.3. The fourth-order valence-electron chi connectivity index (χ4n) is 4.86. The third-order valence-corrected chi connectivity index (χ3v) is 9.95. The Kier molecular flexibility index (Phi) is 9.00. The summed E-state index contributed by atoms with van der Waals surface area (Å²) in [7, 11) is -3.34. The number of carbonyl (C=O) groups is 1. The van der Waals surface area contributed by atoms with Crippen LogP contribution in [0.25, 0.3) is 5.57 Å². The number of carbonyl (C=O) groups excluding carboxylic acids is 1. The largest absolute Gasteiger partial charge is 0.358 e. The highest BCUT2D eigenvalue weighted by Crippen LogP contribution is 2.37. The van der Waals surface area contributed by atoms with Gasteiger partial charge in [0.1, 0.15) is 22.6 Å². The molecular formula is C27H35N4O4SSi+. The summed E-state index contributed by atoms with van der Waals surface area (Å²) in [4.78, 5) is 17.6. The molecule has 1 aliphatic carbocycles. The number of nitrogens with one attached hydrogen (secondary N) is 1. The molecule has 0 spiro atoms. The van der Waals surface area contributed by atoms with Crippen molar-refractivity contribution in [1.82, 2.24) is 9.55 Å². The minimum Gasteiger partial charge on any atom is -0.358 e. The molecule has 0 bridgehead atoms. The number of hydrogen-bond donors (Lipinski definition) is 1. The maximum atomic E-state index is 13.4. The highest BCUT2D eigenvalue weighted by molar-refractivity contribution is 7.91. The Bertz CT molecular complexity index is 1300. The minimum absolute atomic E-state index is 0.139. The molecule has 2 aromatic rings. The third kappa shape index (κ3) is 7.18. The molecule has 1 fully saturated rings. The van der Waals surface area contributed by atoms with Gasteiger partial charge in [0.05, 0.1) is 37.3 Å². The number of sulfone groups is 1. The lowest BCUT2D eigenvalue weighted by Crippen LogP contribution is -2.22. The van der Waals surface area contributed by atoms with Crippen molar-refractivity contribution in [3.05, 3.63) is 53.1 Å². The molecule has 1 aromatic heterocycles. The van der Waals surface area contributed by atoms with Crippen molar-refractivity contribution in [1.29, 1.82) is 5.26 Å². The molecule has 10 heteroatoms. The molecular weight excluding hydrogens is 504 g/mol. The molecule has 37 heavy (non-hydrogen) atoms. The van der Waals surface area contributed by atoms with Crippen molar-refractivity contribution in [2.24, 2.45) is 0 Å². The van der Waals surface area contributed by atoms with Crippen molar-refractivity contribution < 1.29 is 17.9 Å². The van der Waals surface area contributed by atoms with E-state index in [1.165, 1.54) is 5.57 Å². The maximum Gasteiger partial charge on any atom is 0.310 e. The van der Waals surface area contributed by atoms with E-state index in [4.69, 9.17) is 4.74 Å². The Balaban J connectivity index is 1.58. The zero-order chi connectivity index (χ0) is 26.4. The summed E-state index contributed by atoms with van der Waals surface area (Å²) < 4.78 is 31.2. The summed E-state index contributed by atoms with van der Waals surface area (Å²) in [6.45, 7) is 5.20. The summed E-state index contributed by atoms with van der Waals surface area (Å²) in [6.07, 6.45) is 9.21. The average molecular weight is 540 g/mol.